The molecule has 0 unspecified atom stereocenters. The first-order valence-electron chi connectivity index (χ1n) is 4.51. The van der Waals surface area contributed by atoms with Gasteiger partial charge in [-0.3, -0.25) is 9.48 Å². The maximum atomic E-state index is 10.8. The Morgan fingerprint density at radius 2 is 2.33 bits per heavy atom. The number of rotatable bonds is 4. The van der Waals surface area contributed by atoms with Gasteiger partial charge in [0.15, 0.2) is 0 Å². The molecule has 6 heteroatoms. The van der Waals surface area contributed by atoms with Crippen LogP contribution in [0.25, 0.3) is 0 Å². The van der Waals surface area contributed by atoms with E-state index in [0.717, 1.165) is 11.3 Å². The molecule has 84 valence electrons. The number of aryl methyl sites for hydroxylation is 2. The van der Waals surface area contributed by atoms with Crippen molar-refractivity contribution < 1.29 is 9.53 Å². The van der Waals surface area contributed by atoms with E-state index in [2.05, 4.69) is 15.2 Å². The molecule has 0 amide bonds. The quantitative estimate of drug-likeness (QED) is 0.773. The minimum absolute atomic E-state index is 0.168. The van der Waals surface area contributed by atoms with Crippen molar-refractivity contribution in [2.24, 2.45) is 7.05 Å². The van der Waals surface area contributed by atoms with Gasteiger partial charge < -0.3 is 10.1 Å². The van der Waals surface area contributed by atoms with Gasteiger partial charge in [0.2, 0.25) is 0 Å². The fraction of sp³-hybridized carbons (Fsp3) is 0.556. The van der Waals surface area contributed by atoms with Gasteiger partial charge in [-0.15, -0.1) is 0 Å². The summed E-state index contributed by atoms with van der Waals surface area (Å²) >= 11 is 6.01. The molecule has 0 spiro atoms. The summed E-state index contributed by atoms with van der Waals surface area (Å²) in [5, 5.41) is 7.68. The van der Waals surface area contributed by atoms with E-state index >= 15 is 0 Å². The molecule has 0 bridgehead atoms. The van der Waals surface area contributed by atoms with E-state index in [1.54, 1.807) is 11.7 Å². The van der Waals surface area contributed by atoms with Crippen molar-refractivity contribution in [2.75, 3.05) is 13.7 Å². The Morgan fingerprint density at radius 3 is 2.80 bits per heavy atom. The van der Waals surface area contributed by atoms with E-state index in [-0.39, 0.29) is 12.5 Å². The first-order valence-corrected chi connectivity index (χ1v) is 4.89. The zero-order valence-corrected chi connectivity index (χ0v) is 9.76. The molecule has 1 heterocycles. The first-order chi connectivity index (χ1) is 7.06. The highest BCUT2D eigenvalue weighted by molar-refractivity contribution is 6.30. The maximum absolute atomic E-state index is 10.8. The first kappa shape index (κ1) is 12.0. The highest BCUT2D eigenvalue weighted by atomic mass is 35.5. The Balaban J connectivity index is 2.54. The monoisotopic (exact) mass is 231 g/mol. The Kier molecular flexibility index (Phi) is 4.11. The third-order valence-corrected chi connectivity index (χ3v) is 2.54. The molecule has 0 radical (unpaired) electrons. The minimum atomic E-state index is -0.298. The average molecular weight is 232 g/mol. The summed E-state index contributed by atoms with van der Waals surface area (Å²) in [7, 11) is 3.13. The molecule has 0 aromatic carbocycles. The third-order valence-electron chi connectivity index (χ3n) is 2.07. The van der Waals surface area contributed by atoms with Crippen LogP contribution in [0.5, 0.6) is 0 Å². The minimum Gasteiger partial charge on any atom is -0.468 e. The zero-order valence-electron chi connectivity index (χ0n) is 9.00. The van der Waals surface area contributed by atoms with E-state index in [1.165, 1.54) is 7.11 Å². The molecule has 0 saturated heterocycles. The number of hydrogen-bond donors (Lipinski definition) is 1. The second-order valence-electron chi connectivity index (χ2n) is 3.16. The number of halogens is 1. The van der Waals surface area contributed by atoms with Crippen LogP contribution in [0.2, 0.25) is 5.15 Å². The normalized spacial score (nSPS) is 10.4. The third kappa shape index (κ3) is 2.94. The molecule has 0 saturated carbocycles. The summed E-state index contributed by atoms with van der Waals surface area (Å²) < 4.78 is 6.10. The number of carbonyl (C=O) groups excluding carboxylic acids is 1. The van der Waals surface area contributed by atoms with Crippen molar-refractivity contribution >= 4 is 17.6 Å². The van der Waals surface area contributed by atoms with E-state index in [0.29, 0.717) is 11.7 Å². The second kappa shape index (κ2) is 5.14. The molecule has 15 heavy (non-hydrogen) atoms. The topological polar surface area (TPSA) is 56.1 Å². The molecule has 1 rings (SSSR count). The fourth-order valence-electron chi connectivity index (χ4n) is 1.24. The second-order valence-corrected chi connectivity index (χ2v) is 3.52. The molecule has 0 fully saturated rings. The van der Waals surface area contributed by atoms with Crippen LogP contribution in [0.1, 0.15) is 11.3 Å². The lowest BCUT2D eigenvalue weighted by Crippen LogP contribution is -2.23. The molecule has 0 aliphatic rings. The van der Waals surface area contributed by atoms with Crippen LogP contribution in [-0.2, 0) is 23.1 Å². The van der Waals surface area contributed by atoms with Crippen molar-refractivity contribution in [3.05, 3.63) is 16.4 Å². The molecular formula is C9H14ClN3O2. The summed E-state index contributed by atoms with van der Waals surface area (Å²) in [6.07, 6.45) is 0. The Bertz CT molecular complexity index is 362. The van der Waals surface area contributed by atoms with Gasteiger partial charge in [-0.05, 0) is 6.92 Å². The average Bonchev–Trinajstić information content (AvgIpc) is 2.44. The van der Waals surface area contributed by atoms with Gasteiger partial charge >= 0.3 is 5.97 Å². The molecule has 1 aromatic heterocycles. The van der Waals surface area contributed by atoms with Crippen LogP contribution >= 0.6 is 11.6 Å². The summed E-state index contributed by atoms with van der Waals surface area (Å²) in [4.78, 5) is 10.8. The van der Waals surface area contributed by atoms with Crippen molar-refractivity contribution in [1.29, 1.82) is 0 Å². The predicted octanol–water partition coefficient (Wildman–Crippen LogP) is 0.645. The van der Waals surface area contributed by atoms with Gasteiger partial charge in [-0.1, -0.05) is 11.6 Å². The van der Waals surface area contributed by atoms with Crippen LogP contribution in [-0.4, -0.2) is 29.4 Å². The van der Waals surface area contributed by atoms with Gasteiger partial charge in [0.25, 0.3) is 0 Å². The van der Waals surface area contributed by atoms with E-state index in [1.807, 2.05) is 6.92 Å². The lowest BCUT2D eigenvalue weighted by molar-refractivity contribution is -0.139. The molecular weight excluding hydrogens is 218 g/mol. The molecule has 1 N–H and O–H groups in total. The van der Waals surface area contributed by atoms with Crippen molar-refractivity contribution in [3.8, 4) is 0 Å². The SMILES string of the molecule is COC(=O)CNCc1c(C)nn(C)c1Cl. The molecule has 1 aromatic rings. The lowest BCUT2D eigenvalue weighted by atomic mass is 10.2. The number of esters is 1. The smallest absolute Gasteiger partial charge is 0.319 e. The summed E-state index contributed by atoms with van der Waals surface area (Å²) in [5.41, 5.74) is 1.77. The number of carbonyl (C=O) groups is 1. The van der Waals surface area contributed by atoms with Crippen LogP contribution in [0, 0.1) is 6.92 Å². The summed E-state index contributed by atoms with van der Waals surface area (Å²) in [6.45, 7) is 2.55. The van der Waals surface area contributed by atoms with Gasteiger partial charge in [-0.25, -0.2) is 0 Å². The molecule has 0 aliphatic carbocycles. The van der Waals surface area contributed by atoms with Crippen molar-refractivity contribution in [1.82, 2.24) is 15.1 Å². The fourth-order valence-corrected chi connectivity index (χ4v) is 1.48. The highest BCUT2D eigenvalue weighted by Gasteiger charge is 2.10. The predicted molar refractivity (Wildman–Crippen MR) is 56.7 cm³/mol. The van der Waals surface area contributed by atoms with Gasteiger partial charge in [0.1, 0.15) is 5.15 Å². The van der Waals surface area contributed by atoms with Crippen LogP contribution in [0.4, 0.5) is 0 Å². The Hall–Kier alpha value is -1.07. The standard InChI is InChI=1S/C9H14ClN3O2/c1-6-7(9(10)13(2)12-6)4-11-5-8(14)15-3/h11H,4-5H2,1-3H3. The van der Waals surface area contributed by atoms with Gasteiger partial charge in [0.05, 0.1) is 19.3 Å². The van der Waals surface area contributed by atoms with Gasteiger partial charge in [-0.2, -0.15) is 5.10 Å². The van der Waals surface area contributed by atoms with Crippen LogP contribution in [0.3, 0.4) is 0 Å². The van der Waals surface area contributed by atoms with Crippen LogP contribution < -0.4 is 5.32 Å². The van der Waals surface area contributed by atoms with Gasteiger partial charge in [0, 0.05) is 19.2 Å². The number of methoxy groups -OCH3 is 1. The Labute approximate surface area is 93.4 Å². The van der Waals surface area contributed by atoms with Crippen molar-refractivity contribution in [3.63, 3.8) is 0 Å². The molecule has 0 aliphatic heterocycles. The zero-order chi connectivity index (χ0) is 11.4. The molecule has 0 atom stereocenters. The number of ether oxygens (including phenoxy) is 1. The number of nitrogens with zero attached hydrogens (tertiary/aromatic N) is 2. The van der Waals surface area contributed by atoms with E-state index < -0.39 is 0 Å². The van der Waals surface area contributed by atoms with E-state index in [4.69, 9.17) is 11.6 Å². The van der Waals surface area contributed by atoms with E-state index in [9.17, 15) is 4.79 Å². The van der Waals surface area contributed by atoms with Crippen molar-refractivity contribution in [2.45, 2.75) is 13.5 Å². The molecule has 5 nitrogen and oxygen atoms in total. The van der Waals surface area contributed by atoms with Crippen LogP contribution in [0.15, 0.2) is 0 Å². The number of hydrogen-bond acceptors (Lipinski definition) is 4. The highest BCUT2D eigenvalue weighted by Crippen LogP contribution is 2.17. The number of aromatic nitrogens is 2. The Morgan fingerprint density at radius 1 is 1.67 bits per heavy atom. The number of nitrogens with one attached hydrogen (secondary N) is 1. The lowest BCUT2D eigenvalue weighted by Gasteiger charge is -2.02. The summed E-state index contributed by atoms with van der Waals surface area (Å²) in [5.74, 6) is -0.298. The largest absolute Gasteiger partial charge is 0.468 e. The summed E-state index contributed by atoms with van der Waals surface area (Å²) in [6, 6.07) is 0. The maximum Gasteiger partial charge on any atom is 0.319 e.